The first kappa shape index (κ1) is 21.3. The van der Waals surface area contributed by atoms with Crippen molar-refractivity contribution >= 4 is 69.5 Å². The van der Waals surface area contributed by atoms with Gasteiger partial charge in [0, 0.05) is 13.1 Å². The standard InChI is InChI=1S/C15H18Cl4N2O2S2/c16-10-12(18)24-20(14(10)22)8-6-4-2-1-3-5-7-9-21-15(23)11(17)13(19)25-21/h1-9H2. The van der Waals surface area contributed by atoms with Gasteiger partial charge in [0.1, 0.15) is 18.7 Å². The Balaban J connectivity index is 1.53. The van der Waals surface area contributed by atoms with Crippen molar-refractivity contribution in [2.24, 2.45) is 0 Å². The number of aryl methyl sites for hydroxylation is 2. The largest absolute Gasteiger partial charge is 0.280 e. The highest BCUT2D eigenvalue weighted by molar-refractivity contribution is 7.12. The van der Waals surface area contributed by atoms with Crippen LogP contribution in [0.2, 0.25) is 18.7 Å². The summed E-state index contributed by atoms with van der Waals surface area (Å²) in [6.45, 7) is 1.33. The van der Waals surface area contributed by atoms with E-state index in [9.17, 15) is 9.59 Å². The SMILES string of the molecule is O=c1c(Cl)c(Cl)sn1CCCCCCCCCn1sc(Cl)c(Cl)c1=O. The van der Waals surface area contributed by atoms with E-state index in [-0.39, 0.29) is 21.2 Å². The van der Waals surface area contributed by atoms with Gasteiger partial charge in [0.2, 0.25) is 0 Å². The highest BCUT2D eigenvalue weighted by Crippen LogP contribution is 2.24. The van der Waals surface area contributed by atoms with Gasteiger partial charge < -0.3 is 0 Å². The van der Waals surface area contributed by atoms with Crippen LogP contribution in [0.25, 0.3) is 0 Å². The topological polar surface area (TPSA) is 44.0 Å². The van der Waals surface area contributed by atoms with Crippen molar-refractivity contribution in [2.45, 2.75) is 58.0 Å². The molecule has 0 N–H and O–H groups in total. The van der Waals surface area contributed by atoms with Gasteiger partial charge in [0.05, 0.1) is 0 Å². The summed E-state index contributed by atoms with van der Waals surface area (Å²) in [6.07, 6.45) is 7.39. The first-order valence-electron chi connectivity index (χ1n) is 8.02. The molecule has 0 amide bonds. The second-order valence-corrected chi connectivity index (χ2v) is 9.67. The maximum Gasteiger partial charge on any atom is 0.280 e. The summed E-state index contributed by atoms with van der Waals surface area (Å²) in [7, 11) is 0. The summed E-state index contributed by atoms with van der Waals surface area (Å²) < 4.78 is 3.94. The van der Waals surface area contributed by atoms with Crippen LogP contribution in [0.1, 0.15) is 44.9 Å². The first-order valence-corrected chi connectivity index (χ1v) is 11.1. The fourth-order valence-corrected chi connectivity index (χ4v) is 5.12. The van der Waals surface area contributed by atoms with Crippen LogP contribution < -0.4 is 11.1 Å². The Labute approximate surface area is 174 Å². The molecule has 10 heteroatoms. The summed E-state index contributed by atoms with van der Waals surface area (Å²) in [5.41, 5.74) is -0.388. The predicted octanol–water partition coefficient (Wildman–Crippen LogP) is 6.18. The van der Waals surface area contributed by atoms with Crippen molar-refractivity contribution < 1.29 is 0 Å². The maximum absolute atomic E-state index is 11.7. The molecule has 0 spiro atoms. The van der Waals surface area contributed by atoms with E-state index in [0.717, 1.165) is 44.9 Å². The number of unbranched alkanes of at least 4 members (excludes halogenated alkanes) is 6. The molecule has 0 saturated heterocycles. The lowest BCUT2D eigenvalue weighted by molar-refractivity contribution is 0.538. The first-order chi connectivity index (χ1) is 11.9. The molecule has 4 nitrogen and oxygen atoms in total. The molecule has 0 bridgehead atoms. The summed E-state index contributed by atoms with van der Waals surface area (Å²) in [5, 5.41) is 0.248. The Bertz CT molecular complexity index is 743. The molecule has 0 fully saturated rings. The molecule has 0 radical (unpaired) electrons. The molecular weight excluding hydrogens is 446 g/mol. The van der Waals surface area contributed by atoms with E-state index in [2.05, 4.69) is 0 Å². The van der Waals surface area contributed by atoms with Crippen LogP contribution in [0.15, 0.2) is 9.59 Å². The Morgan fingerprint density at radius 1 is 0.600 bits per heavy atom. The lowest BCUT2D eigenvalue weighted by atomic mass is 10.1. The van der Waals surface area contributed by atoms with Crippen LogP contribution in [-0.4, -0.2) is 7.91 Å². The number of halogens is 4. The van der Waals surface area contributed by atoms with Gasteiger partial charge >= 0.3 is 0 Å². The average molecular weight is 464 g/mol. The van der Waals surface area contributed by atoms with Gasteiger partial charge in [-0.05, 0) is 35.9 Å². The second-order valence-electron chi connectivity index (χ2n) is 5.65. The third kappa shape index (κ3) is 6.01. The molecule has 0 atom stereocenters. The van der Waals surface area contributed by atoms with Gasteiger partial charge in [0.15, 0.2) is 0 Å². The number of hydrogen-bond donors (Lipinski definition) is 0. The predicted molar refractivity (Wildman–Crippen MR) is 110 cm³/mol. The lowest BCUT2D eigenvalue weighted by Crippen LogP contribution is -2.13. The van der Waals surface area contributed by atoms with Crippen molar-refractivity contribution in [1.82, 2.24) is 7.91 Å². The van der Waals surface area contributed by atoms with Gasteiger partial charge in [-0.1, -0.05) is 78.5 Å². The number of rotatable bonds is 10. The zero-order chi connectivity index (χ0) is 18.4. The van der Waals surface area contributed by atoms with Gasteiger partial charge in [-0.3, -0.25) is 17.5 Å². The molecule has 0 saturated carbocycles. The Kier molecular flexibility index (Phi) is 8.85. The molecule has 2 heterocycles. The smallest absolute Gasteiger partial charge is 0.267 e. The molecule has 0 aliphatic carbocycles. The minimum absolute atomic E-state index is 0.124. The van der Waals surface area contributed by atoms with Crippen LogP contribution in [-0.2, 0) is 13.1 Å². The van der Waals surface area contributed by atoms with E-state index in [0.29, 0.717) is 21.8 Å². The molecule has 2 aromatic heterocycles. The zero-order valence-electron chi connectivity index (χ0n) is 13.4. The van der Waals surface area contributed by atoms with E-state index >= 15 is 0 Å². The van der Waals surface area contributed by atoms with Crippen molar-refractivity contribution in [1.29, 1.82) is 0 Å². The summed E-state index contributed by atoms with van der Waals surface area (Å²) >= 11 is 25.7. The third-order valence-corrected chi connectivity index (χ3v) is 7.55. The van der Waals surface area contributed by atoms with E-state index in [1.165, 1.54) is 23.1 Å². The number of hydrogen-bond acceptors (Lipinski definition) is 4. The third-order valence-electron chi connectivity index (χ3n) is 3.78. The van der Waals surface area contributed by atoms with E-state index in [1.807, 2.05) is 0 Å². The molecule has 0 aliphatic rings. The van der Waals surface area contributed by atoms with Gasteiger partial charge in [-0.15, -0.1) is 0 Å². The fourth-order valence-electron chi connectivity index (χ4n) is 2.43. The normalized spacial score (nSPS) is 11.4. The quantitative estimate of drug-likeness (QED) is 0.395. The van der Waals surface area contributed by atoms with Crippen molar-refractivity contribution in [3.05, 3.63) is 39.4 Å². The minimum Gasteiger partial charge on any atom is -0.267 e. The van der Waals surface area contributed by atoms with E-state index in [1.54, 1.807) is 7.91 Å². The molecular formula is C15H18Cl4N2O2S2. The van der Waals surface area contributed by atoms with Crippen LogP contribution >= 0.6 is 69.5 Å². The highest BCUT2D eigenvalue weighted by Gasteiger charge is 2.11. The van der Waals surface area contributed by atoms with Crippen LogP contribution in [0.4, 0.5) is 0 Å². The highest BCUT2D eigenvalue weighted by atomic mass is 35.5. The van der Waals surface area contributed by atoms with Gasteiger partial charge in [-0.2, -0.15) is 0 Å². The number of aromatic nitrogens is 2. The zero-order valence-corrected chi connectivity index (χ0v) is 18.1. The summed E-state index contributed by atoms with van der Waals surface area (Å²) in [5.74, 6) is 0. The van der Waals surface area contributed by atoms with Crippen LogP contribution in [0.5, 0.6) is 0 Å². The average Bonchev–Trinajstić information content (AvgIpc) is 2.98. The molecule has 25 heavy (non-hydrogen) atoms. The Morgan fingerprint density at radius 2 is 0.920 bits per heavy atom. The van der Waals surface area contributed by atoms with Crippen molar-refractivity contribution in [3.8, 4) is 0 Å². The van der Waals surface area contributed by atoms with Crippen LogP contribution in [0.3, 0.4) is 0 Å². The molecule has 2 rings (SSSR count). The van der Waals surface area contributed by atoms with Gasteiger partial charge in [-0.25, -0.2) is 0 Å². The number of nitrogens with zero attached hydrogens (tertiary/aromatic N) is 2. The van der Waals surface area contributed by atoms with E-state index < -0.39 is 0 Å². The van der Waals surface area contributed by atoms with Gasteiger partial charge in [0.25, 0.3) is 11.1 Å². The summed E-state index contributed by atoms with van der Waals surface area (Å²) in [6, 6.07) is 0. The molecule has 0 aromatic carbocycles. The van der Waals surface area contributed by atoms with Crippen LogP contribution in [0, 0.1) is 0 Å². The molecule has 140 valence electrons. The Morgan fingerprint density at radius 3 is 1.20 bits per heavy atom. The second kappa shape index (κ2) is 10.4. The monoisotopic (exact) mass is 462 g/mol. The fraction of sp³-hybridized carbons (Fsp3) is 0.600. The summed E-state index contributed by atoms with van der Waals surface area (Å²) in [4.78, 5) is 23.4. The lowest BCUT2D eigenvalue weighted by Gasteiger charge is -2.03. The van der Waals surface area contributed by atoms with Crippen molar-refractivity contribution in [2.75, 3.05) is 0 Å². The molecule has 2 aromatic rings. The van der Waals surface area contributed by atoms with E-state index in [4.69, 9.17) is 46.4 Å². The Hall–Kier alpha value is 0.0200. The van der Waals surface area contributed by atoms with Crippen molar-refractivity contribution in [3.63, 3.8) is 0 Å². The maximum atomic E-state index is 11.7. The molecule has 0 aliphatic heterocycles. The molecule has 0 unspecified atom stereocenters. The minimum atomic E-state index is -0.194.